The van der Waals surface area contributed by atoms with Crippen LogP contribution in [0, 0.1) is 0 Å². The molecule has 2 aliphatic rings. The summed E-state index contributed by atoms with van der Waals surface area (Å²) in [7, 11) is -3.51. The van der Waals surface area contributed by atoms with Gasteiger partial charge in [-0.3, -0.25) is 9.59 Å². The Morgan fingerprint density at radius 2 is 1.73 bits per heavy atom. The minimum Gasteiger partial charge on any atom is -0.339 e. The van der Waals surface area contributed by atoms with E-state index in [-0.39, 0.29) is 31.4 Å². The van der Waals surface area contributed by atoms with Gasteiger partial charge in [-0.2, -0.15) is 4.31 Å². The van der Waals surface area contributed by atoms with Gasteiger partial charge < -0.3 is 9.80 Å². The second-order valence-electron chi connectivity index (χ2n) is 6.46. The average molecular weight is 377 g/mol. The Balaban J connectivity index is 1.53. The third kappa shape index (κ3) is 4.50. The van der Waals surface area contributed by atoms with Crippen LogP contribution in [-0.2, 0) is 19.6 Å². The molecule has 0 radical (unpaired) electrons. The maximum Gasteiger partial charge on any atom is 0.242 e. The van der Waals surface area contributed by atoms with Gasteiger partial charge in [0.2, 0.25) is 21.8 Å². The Kier molecular flexibility index (Phi) is 5.73. The average Bonchev–Trinajstić information content (AvgIpc) is 3.06. The number of nitrogens with zero attached hydrogens (tertiary/aromatic N) is 3. The van der Waals surface area contributed by atoms with E-state index in [1.54, 1.807) is 15.9 Å². The number of sulfonamides is 1. The lowest BCUT2D eigenvalue weighted by molar-refractivity contribution is -0.139. The molecule has 3 rings (SSSR count). The van der Waals surface area contributed by atoms with E-state index < -0.39 is 10.0 Å². The van der Waals surface area contributed by atoms with Crippen LogP contribution in [-0.4, -0.2) is 73.6 Å². The van der Waals surface area contributed by atoms with E-state index in [1.807, 2.05) is 30.3 Å². The van der Waals surface area contributed by atoms with Crippen LogP contribution in [0.5, 0.6) is 0 Å². The molecule has 2 heterocycles. The topological polar surface area (TPSA) is 78.0 Å². The lowest BCUT2D eigenvalue weighted by Crippen LogP contribution is -2.52. The van der Waals surface area contributed by atoms with E-state index in [0.717, 1.165) is 12.0 Å². The molecule has 0 saturated carbocycles. The summed E-state index contributed by atoms with van der Waals surface area (Å²) in [6.07, 6.45) is 2.88. The van der Waals surface area contributed by atoms with Crippen molar-refractivity contribution in [3.8, 4) is 0 Å². The van der Waals surface area contributed by atoms with Crippen LogP contribution >= 0.6 is 0 Å². The predicted octanol–water partition coefficient (Wildman–Crippen LogP) is 0.754. The Bertz CT molecular complexity index is 784. The van der Waals surface area contributed by atoms with Crippen molar-refractivity contribution >= 4 is 27.9 Å². The summed E-state index contributed by atoms with van der Waals surface area (Å²) in [4.78, 5) is 27.2. The molecule has 2 aliphatic heterocycles. The van der Waals surface area contributed by atoms with Gasteiger partial charge in [0, 0.05) is 44.6 Å². The van der Waals surface area contributed by atoms with Gasteiger partial charge in [-0.15, -0.1) is 0 Å². The van der Waals surface area contributed by atoms with Crippen molar-refractivity contribution < 1.29 is 18.0 Å². The highest BCUT2D eigenvalue weighted by Gasteiger charge is 2.29. The minimum absolute atomic E-state index is 0.0191. The van der Waals surface area contributed by atoms with Crippen molar-refractivity contribution in [3.63, 3.8) is 0 Å². The molecular formula is C18H23N3O4S. The van der Waals surface area contributed by atoms with E-state index in [4.69, 9.17) is 0 Å². The van der Waals surface area contributed by atoms with Crippen molar-refractivity contribution in [2.45, 2.75) is 12.8 Å². The summed E-state index contributed by atoms with van der Waals surface area (Å²) in [6.45, 7) is 1.95. The van der Waals surface area contributed by atoms with Crippen molar-refractivity contribution in [3.05, 3.63) is 41.3 Å². The quantitative estimate of drug-likeness (QED) is 0.759. The van der Waals surface area contributed by atoms with Gasteiger partial charge in [0.25, 0.3) is 0 Å². The smallest absolute Gasteiger partial charge is 0.242 e. The van der Waals surface area contributed by atoms with Crippen molar-refractivity contribution in [1.29, 1.82) is 0 Å². The molecule has 7 nitrogen and oxygen atoms in total. The van der Waals surface area contributed by atoms with Crippen molar-refractivity contribution in [1.82, 2.24) is 14.1 Å². The van der Waals surface area contributed by atoms with Gasteiger partial charge in [-0.1, -0.05) is 30.3 Å². The number of rotatable bonds is 5. The number of hydrogen-bond donors (Lipinski definition) is 0. The van der Waals surface area contributed by atoms with Crippen LogP contribution < -0.4 is 0 Å². The zero-order chi connectivity index (χ0) is 18.6. The van der Waals surface area contributed by atoms with Crippen LogP contribution in [0.3, 0.4) is 0 Å². The predicted molar refractivity (Wildman–Crippen MR) is 98.4 cm³/mol. The normalized spacial score (nSPS) is 19.5. The number of carbonyl (C=O) groups is 2. The maximum absolute atomic E-state index is 12.4. The standard InChI is InChI=1S/C18H23N3O4S/c22-17-7-4-9-20(17)15-18(23)19-10-12-21(13-11-19)26(24,25)14-8-16-5-2-1-3-6-16/h1-3,5-6,8,14H,4,7,9-13,15H2/b14-8+. The van der Waals surface area contributed by atoms with Gasteiger partial charge in [-0.25, -0.2) is 8.42 Å². The number of amides is 2. The Labute approximate surface area is 153 Å². The van der Waals surface area contributed by atoms with E-state index in [1.165, 1.54) is 9.71 Å². The molecule has 140 valence electrons. The number of hydrogen-bond acceptors (Lipinski definition) is 4. The first-order valence-electron chi connectivity index (χ1n) is 8.74. The summed E-state index contributed by atoms with van der Waals surface area (Å²) >= 11 is 0. The van der Waals surface area contributed by atoms with Crippen molar-refractivity contribution in [2.75, 3.05) is 39.3 Å². The lowest BCUT2D eigenvalue weighted by Gasteiger charge is -2.34. The first kappa shape index (κ1) is 18.6. The molecule has 8 heteroatoms. The Hall–Kier alpha value is -2.19. The summed E-state index contributed by atoms with van der Waals surface area (Å²) in [5.74, 6) is -0.0947. The molecule has 0 bridgehead atoms. The molecule has 0 spiro atoms. The summed E-state index contributed by atoms with van der Waals surface area (Å²) in [5.41, 5.74) is 0.820. The summed E-state index contributed by atoms with van der Waals surface area (Å²) < 4.78 is 26.3. The number of carbonyl (C=O) groups excluding carboxylic acids is 2. The highest BCUT2D eigenvalue weighted by Crippen LogP contribution is 2.13. The molecule has 0 atom stereocenters. The SMILES string of the molecule is O=C(CN1CCCC1=O)N1CCN(S(=O)(=O)/C=C/c2ccccc2)CC1. The first-order chi connectivity index (χ1) is 12.5. The third-order valence-corrected chi connectivity index (χ3v) is 6.25. The van der Waals surface area contributed by atoms with Crippen LogP contribution in [0.15, 0.2) is 35.7 Å². The zero-order valence-electron chi connectivity index (χ0n) is 14.6. The van der Waals surface area contributed by atoms with E-state index >= 15 is 0 Å². The van der Waals surface area contributed by atoms with E-state index in [0.29, 0.717) is 26.1 Å². The molecule has 1 aromatic carbocycles. The molecule has 26 heavy (non-hydrogen) atoms. The van der Waals surface area contributed by atoms with Gasteiger partial charge in [-0.05, 0) is 18.1 Å². The molecule has 0 aliphatic carbocycles. The maximum atomic E-state index is 12.4. The molecule has 1 aromatic rings. The monoisotopic (exact) mass is 377 g/mol. The van der Waals surface area contributed by atoms with Crippen LogP contribution in [0.2, 0.25) is 0 Å². The van der Waals surface area contributed by atoms with Crippen LogP contribution in [0.4, 0.5) is 0 Å². The second-order valence-corrected chi connectivity index (χ2v) is 8.28. The molecule has 2 amide bonds. The van der Waals surface area contributed by atoms with Crippen molar-refractivity contribution in [2.24, 2.45) is 0 Å². The van der Waals surface area contributed by atoms with Gasteiger partial charge in [0.1, 0.15) is 0 Å². The fourth-order valence-electron chi connectivity index (χ4n) is 3.14. The largest absolute Gasteiger partial charge is 0.339 e. The number of benzene rings is 1. The second kappa shape index (κ2) is 8.01. The number of likely N-dealkylation sites (tertiary alicyclic amines) is 1. The highest BCUT2D eigenvalue weighted by atomic mass is 32.2. The lowest BCUT2D eigenvalue weighted by atomic mass is 10.2. The van der Waals surface area contributed by atoms with Crippen LogP contribution in [0.1, 0.15) is 18.4 Å². The van der Waals surface area contributed by atoms with Crippen LogP contribution in [0.25, 0.3) is 6.08 Å². The van der Waals surface area contributed by atoms with E-state index in [2.05, 4.69) is 0 Å². The Morgan fingerprint density at radius 1 is 1.04 bits per heavy atom. The molecular weight excluding hydrogens is 354 g/mol. The molecule has 2 saturated heterocycles. The molecule has 0 N–H and O–H groups in total. The number of piperazine rings is 1. The zero-order valence-corrected chi connectivity index (χ0v) is 15.4. The fourth-order valence-corrected chi connectivity index (χ4v) is 4.31. The highest BCUT2D eigenvalue weighted by molar-refractivity contribution is 7.92. The molecule has 2 fully saturated rings. The summed E-state index contributed by atoms with van der Waals surface area (Å²) in [6, 6.07) is 9.24. The molecule has 0 aromatic heterocycles. The third-order valence-electron chi connectivity index (χ3n) is 4.68. The Morgan fingerprint density at radius 3 is 2.35 bits per heavy atom. The first-order valence-corrected chi connectivity index (χ1v) is 10.2. The van der Waals surface area contributed by atoms with Gasteiger partial charge in [0.05, 0.1) is 6.54 Å². The summed E-state index contributed by atoms with van der Waals surface area (Å²) in [5, 5.41) is 1.21. The minimum atomic E-state index is -3.51. The fraction of sp³-hybridized carbons (Fsp3) is 0.444. The molecule has 0 unspecified atom stereocenters. The van der Waals surface area contributed by atoms with E-state index in [9.17, 15) is 18.0 Å². The van der Waals surface area contributed by atoms with Gasteiger partial charge >= 0.3 is 0 Å². The van der Waals surface area contributed by atoms with Gasteiger partial charge in [0.15, 0.2) is 0 Å².